The van der Waals surface area contributed by atoms with Crippen molar-refractivity contribution in [2.75, 3.05) is 0 Å². The maximum atomic E-state index is 12.5. The summed E-state index contributed by atoms with van der Waals surface area (Å²) in [5, 5.41) is 12.3. The molecule has 0 spiro atoms. The lowest BCUT2D eigenvalue weighted by Crippen LogP contribution is -2.14. The SMILES string of the molecule is Cc1ccccc1-n1c(SCc2cc(=O)n3c(C)csc3n2)nnc1-c1ccc(Cl)cc1. The van der Waals surface area contributed by atoms with Gasteiger partial charge < -0.3 is 0 Å². The van der Waals surface area contributed by atoms with Crippen molar-refractivity contribution in [2.45, 2.75) is 24.8 Å². The molecular formula is C23H18ClN5OS2. The number of thiazole rings is 1. The number of hydrogen-bond donors (Lipinski definition) is 0. The first-order valence-electron chi connectivity index (χ1n) is 9.88. The van der Waals surface area contributed by atoms with Gasteiger partial charge in [0.25, 0.3) is 5.56 Å². The van der Waals surface area contributed by atoms with E-state index in [9.17, 15) is 4.79 Å². The number of rotatable bonds is 5. The molecule has 0 bridgehead atoms. The zero-order chi connectivity index (χ0) is 22.2. The second-order valence-corrected chi connectivity index (χ2v) is 9.52. The molecule has 0 aliphatic rings. The third kappa shape index (κ3) is 3.85. The standard InChI is InChI=1S/C23H18ClN5OS2/c1-14-5-3-4-6-19(14)29-21(16-7-9-17(24)10-8-16)26-27-23(29)32-13-18-11-20(30)28-15(2)12-31-22(28)25-18/h3-12H,13H2,1-2H3. The molecule has 0 atom stereocenters. The minimum absolute atomic E-state index is 0.0634. The average molecular weight is 480 g/mol. The van der Waals surface area contributed by atoms with Crippen molar-refractivity contribution < 1.29 is 0 Å². The van der Waals surface area contributed by atoms with E-state index in [1.165, 1.54) is 23.1 Å². The maximum Gasteiger partial charge on any atom is 0.258 e. The number of para-hydroxylation sites is 1. The van der Waals surface area contributed by atoms with E-state index in [1.54, 1.807) is 10.5 Å². The number of thioether (sulfide) groups is 1. The first kappa shape index (κ1) is 20.9. The fourth-order valence-corrected chi connectivity index (χ4v) is 5.35. The Kier molecular flexibility index (Phi) is 5.58. The van der Waals surface area contributed by atoms with Crippen LogP contribution in [0.5, 0.6) is 0 Å². The molecule has 0 fully saturated rings. The molecule has 0 aliphatic carbocycles. The summed E-state index contributed by atoms with van der Waals surface area (Å²) in [7, 11) is 0. The van der Waals surface area contributed by atoms with E-state index in [0.717, 1.165) is 33.5 Å². The quantitative estimate of drug-likeness (QED) is 0.308. The molecule has 0 amide bonds. The normalized spacial score (nSPS) is 11.3. The van der Waals surface area contributed by atoms with Crippen LogP contribution in [0.4, 0.5) is 0 Å². The summed E-state index contributed by atoms with van der Waals surface area (Å²) in [5.41, 5.74) is 4.58. The Balaban J connectivity index is 1.55. The fourth-order valence-electron chi connectivity index (χ4n) is 3.49. The van der Waals surface area contributed by atoms with Crippen LogP contribution in [0.3, 0.4) is 0 Å². The predicted molar refractivity (Wildman–Crippen MR) is 130 cm³/mol. The summed E-state index contributed by atoms with van der Waals surface area (Å²) >= 11 is 9.05. The molecule has 160 valence electrons. The molecule has 3 heterocycles. The molecule has 0 aliphatic heterocycles. The van der Waals surface area contributed by atoms with E-state index in [4.69, 9.17) is 11.6 Å². The highest BCUT2D eigenvalue weighted by atomic mass is 35.5. The molecule has 5 rings (SSSR count). The first-order valence-corrected chi connectivity index (χ1v) is 12.1. The Morgan fingerprint density at radius 2 is 1.84 bits per heavy atom. The average Bonchev–Trinajstić information content (AvgIpc) is 3.37. The molecule has 6 nitrogen and oxygen atoms in total. The second-order valence-electron chi connectivity index (χ2n) is 7.30. The van der Waals surface area contributed by atoms with Crippen LogP contribution in [0.15, 0.2) is 69.9 Å². The number of halogens is 1. The number of nitrogens with zero attached hydrogens (tertiary/aromatic N) is 5. The Labute approximate surface area is 197 Å². The van der Waals surface area contributed by atoms with Crippen molar-refractivity contribution in [3.05, 3.63) is 92.3 Å². The molecule has 9 heteroatoms. The predicted octanol–water partition coefficient (Wildman–Crippen LogP) is 5.57. The van der Waals surface area contributed by atoms with Gasteiger partial charge in [0, 0.05) is 33.5 Å². The van der Waals surface area contributed by atoms with Gasteiger partial charge in [0.2, 0.25) is 0 Å². The highest BCUT2D eigenvalue weighted by Gasteiger charge is 2.18. The number of benzene rings is 2. The third-order valence-electron chi connectivity index (χ3n) is 5.07. The van der Waals surface area contributed by atoms with Crippen molar-refractivity contribution in [3.8, 4) is 17.1 Å². The van der Waals surface area contributed by atoms with Crippen molar-refractivity contribution in [1.82, 2.24) is 24.1 Å². The molecule has 2 aromatic carbocycles. The van der Waals surface area contributed by atoms with Gasteiger partial charge in [0.05, 0.1) is 11.4 Å². The van der Waals surface area contributed by atoms with Crippen LogP contribution in [-0.4, -0.2) is 24.1 Å². The largest absolute Gasteiger partial charge is 0.270 e. The van der Waals surface area contributed by atoms with E-state index in [2.05, 4.69) is 28.2 Å². The van der Waals surface area contributed by atoms with Gasteiger partial charge in [-0.1, -0.05) is 41.6 Å². The number of hydrogen-bond acceptors (Lipinski definition) is 6. The molecule has 0 saturated carbocycles. The summed E-state index contributed by atoms with van der Waals surface area (Å²) in [6, 6.07) is 17.3. The molecule has 3 aromatic heterocycles. The molecule has 0 unspecified atom stereocenters. The lowest BCUT2D eigenvalue weighted by molar-refractivity contribution is 0.879. The summed E-state index contributed by atoms with van der Waals surface area (Å²) in [4.78, 5) is 17.9. The minimum Gasteiger partial charge on any atom is -0.270 e. The van der Waals surface area contributed by atoms with Gasteiger partial charge in [0.15, 0.2) is 15.9 Å². The first-order chi connectivity index (χ1) is 15.5. The van der Waals surface area contributed by atoms with Gasteiger partial charge >= 0.3 is 0 Å². The van der Waals surface area contributed by atoms with E-state index < -0.39 is 0 Å². The summed E-state index contributed by atoms with van der Waals surface area (Å²) in [6.45, 7) is 3.97. The highest BCUT2D eigenvalue weighted by molar-refractivity contribution is 7.98. The molecule has 0 N–H and O–H groups in total. The van der Waals surface area contributed by atoms with E-state index >= 15 is 0 Å². The van der Waals surface area contributed by atoms with Crippen LogP contribution in [0.2, 0.25) is 5.02 Å². The molecule has 32 heavy (non-hydrogen) atoms. The van der Waals surface area contributed by atoms with Crippen LogP contribution in [-0.2, 0) is 5.75 Å². The maximum absolute atomic E-state index is 12.5. The molecular weight excluding hydrogens is 462 g/mol. The van der Waals surface area contributed by atoms with Crippen molar-refractivity contribution in [3.63, 3.8) is 0 Å². The second kappa shape index (κ2) is 8.54. The Morgan fingerprint density at radius 3 is 2.62 bits per heavy atom. The van der Waals surface area contributed by atoms with E-state index in [-0.39, 0.29) is 5.56 Å². The lowest BCUT2D eigenvalue weighted by atomic mass is 10.1. The lowest BCUT2D eigenvalue weighted by Gasteiger charge is -2.13. The summed E-state index contributed by atoms with van der Waals surface area (Å²) in [5.74, 6) is 1.24. The van der Waals surface area contributed by atoms with Crippen molar-refractivity contribution in [2.24, 2.45) is 0 Å². The zero-order valence-electron chi connectivity index (χ0n) is 17.3. The van der Waals surface area contributed by atoms with E-state index in [0.29, 0.717) is 21.4 Å². The fraction of sp³-hybridized carbons (Fsp3) is 0.130. The van der Waals surface area contributed by atoms with Crippen LogP contribution in [0.25, 0.3) is 22.0 Å². The molecule has 0 radical (unpaired) electrons. The van der Waals surface area contributed by atoms with E-state index in [1.807, 2.05) is 59.3 Å². The summed E-state index contributed by atoms with van der Waals surface area (Å²) in [6.07, 6.45) is 0. The van der Waals surface area contributed by atoms with Crippen LogP contribution in [0, 0.1) is 13.8 Å². The Morgan fingerprint density at radius 1 is 1.06 bits per heavy atom. The van der Waals surface area contributed by atoms with Crippen LogP contribution < -0.4 is 5.56 Å². The summed E-state index contributed by atoms with van der Waals surface area (Å²) < 4.78 is 3.68. The Hall–Kier alpha value is -2.94. The smallest absolute Gasteiger partial charge is 0.258 e. The zero-order valence-corrected chi connectivity index (χ0v) is 19.7. The van der Waals surface area contributed by atoms with Gasteiger partial charge in [0.1, 0.15) is 0 Å². The third-order valence-corrected chi connectivity index (χ3v) is 7.23. The number of aromatic nitrogens is 5. The topological polar surface area (TPSA) is 65.1 Å². The highest BCUT2D eigenvalue weighted by Crippen LogP contribution is 2.31. The van der Waals surface area contributed by atoms with Gasteiger partial charge in [-0.15, -0.1) is 21.5 Å². The monoisotopic (exact) mass is 479 g/mol. The van der Waals surface area contributed by atoms with Gasteiger partial charge in [-0.2, -0.15) is 0 Å². The van der Waals surface area contributed by atoms with Gasteiger partial charge in [-0.3, -0.25) is 13.8 Å². The van der Waals surface area contributed by atoms with Crippen LogP contribution >= 0.6 is 34.7 Å². The number of fused-ring (bicyclic) bond motifs is 1. The van der Waals surface area contributed by atoms with Crippen molar-refractivity contribution >= 4 is 39.7 Å². The molecule has 0 saturated heterocycles. The minimum atomic E-state index is -0.0634. The van der Waals surface area contributed by atoms with Crippen molar-refractivity contribution in [1.29, 1.82) is 0 Å². The Bertz CT molecular complexity index is 1490. The van der Waals surface area contributed by atoms with Gasteiger partial charge in [-0.25, -0.2) is 4.98 Å². The number of aryl methyl sites for hydroxylation is 2. The van der Waals surface area contributed by atoms with Gasteiger partial charge in [-0.05, 0) is 49.7 Å². The molecule has 5 aromatic rings. The van der Waals surface area contributed by atoms with Crippen LogP contribution in [0.1, 0.15) is 17.0 Å².